The van der Waals surface area contributed by atoms with E-state index >= 15 is 0 Å². The first-order valence-corrected chi connectivity index (χ1v) is 7.52. The summed E-state index contributed by atoms with van der Waals surface area (Å²) in [5.74, 6) is -0.167. The molecule has 114 valence electrons. The third-order valence-corrected chi connectivity index (χ3v) is 3.99. The zero-order valence-electron chi connectivity index (χ0n) is 12.3. The number of nitrogens with zero attached hydrogens (tertiary/aromatic N) is 2. The van der Waals surface area contributed by atoms with Crippen LogP contribution in [-0.4, -0.2) is 21.8 Å². The summed E-state index contributed by atoms with van der Waals surface area (Å²) in [6, 6.07) is 8.65. The second-order valence-electron chi connectivity index (χ2n) is 5.58. The summed E-state index contributed by atoms with van der Waals surface area (Å²) in [6.45, 7) is 0. The lowest BCUT2D eigenvalue weighted by atomic mass is 10.2. The smallest absolute Gasteiger partial charge is 0.271 e. The molecule has 0 radical (unpaired) electrons. The first kappa shape index (κ1) is 14.4. The van der Waals surface area contributed by atoms with Gasteiger partial charge in [-0.15, -0.1) is 0 Å². The lowest BCUT2D eigenvalue weighted by molar-refractivity contribution is 0.0955. The third kappa shape index (κ3) is 3.36. The predicted octanol–water partition coefficient (Wildman–Crippen LogP) is 3.07. The number of benzene rings is 1. The van der Waals surface area contributed by atoms with Crippen molar-refractivity contribution in [1.82, 2.24) is 9.99 Å². The van der Waals surface area contributed by atoms with Crippen molar-refractivity contribution in [2.45, 2.75) is 31.7 Å². The number of hydrazone groups is 1. The Labute approximate surface area is 129 Å². The number of carbonyl (C=O) groups is 1. The topological polar surface area (TPSA) is 66.6 Å². The van der Waals surface area contributed by atoms with Crippen molar-refractivity contribution in [3.05, 3.63) is 53.9 Å². The zero-order valence-corrected chi connectivity index (χ0v) is 12.3. The first-order valence-electron chi connectivity index (χ1n) is 7.52. The highest BCUT2D eigenvalue weighted by atomic mass is 16.3. The van der Waals surface area contributed by atoms with Crippen LogP contribution >= 0.6 is 0 Å². The molecule has 1 fully saturated rings. The standard InChI is InChI=1S/C17H19N3O2/c21-16-7-5-14(6-8-16)17(22)19-18-11-13-9-10-20(12-13)15-3-1-2-4-15/h5-12,15,21H,1-4H2,(H,19,22)/b18-11-. The molecule has 5 nitrogen and oxygen atoms in total. The Kier molecular flexibility index (Phi) is 4.23. The van der Waals surface area contributed by atoms with E-state index in [0.717, 1.165) is 5.56 Å². The minimum absolute atomic E-state index is 0.133. The van der Waals surface area contributed by atoms with Crippen molar-refractivity contribution < 1.29 is 9.90 Å². The van der Waals surface area contributed by atoms with Crippen LogP contribution in [0.2, 0.25) is 0 Å². The Hall–Kier alpha value is -2.56. The van der Waals surface area contributed by atoms with Crippen LogP contribution in [0, 0.1) is 0 Å². The molecule has 2 N–H and O–H groups in total. The van der Waals surface area contributed by atoms with Crippen molar-refractivity contribution >= 4 is 12.1 Å². The van der Waals surface area contributed by atoms with E-state index in [2.05, 4.69) is 27.5 Å². The Bertz CT molecular complexity index is 667. The average molecular weight is 297 g/mol. The highest BCUT2D eigenvalue weighted by molar-refractivity contribution is 5.94. The maximum absolute atomic E-state index is 11.8. The molecule has 0 saturated heterocycles. The monoisotopic (exact) mass is 297 g/mol. The maximum atomic E-state index is 11.8. The number of carbonyl (C=O) groups excluding carboxylic acids is 1. The van der Waals surface area contributed by atoms with Gasteiger partial charge in [-0.1, -0.05) is 12.8 Å². The van der Waals surface area contributed by atoms with Gasteiger partial charge in [0.2, 0.25) is 0 Å². The number of phenols is 1. The number of aromatic nitrogens is 1. The Morgan fingerprint density at radius 3 is 2.68 bits per heavy atom. The van der Waals surface area contributed by atoms with Gasteiger partial charge >= 0.3 is 0 Å². The average Bonchev–Trinajstić information content (AvgIpc) is 3.19. The Morgan fingerprint density at radius 2 is 1.95 bits per heavy atom. The fourth-order valence-corrected chi connectivity index (χ4v) is 2.78. The number of nitrogens with one attached hydrogen (secondary N) is 1. The number of rotatable bonds is 4. The van der Waals surface area contributed by atoms with E-state index in [-0.39, 0.29) is 11.7 Å². The van der Waals surface area contributed by atoms with Gasteiger partial charge in [-0.05, 0) is 43.2 Å². The lowest BCUT2D eigenvalue weighted by Crippen LogP contribution is -2.17. The molecular weight excluding hydrogens is 278 g/mol. The highest BCUT2D eigenvalue weighted by Gasteiger charge is 2.15. The fourth-order valence-electron chi connectivity index (χ4n) is 2.78. The molecule has 2 aromatic rings. The number of aromatic hydroxyl groups is 1. The van der Waals surface area contributed by atoms with Gasteiger partial charge in [-0.3, -0.25) is 4.79 Å². The minimum atomic E-state index is -0.300. The van der Waals surface area contributed by atoms with Gasteiger partial charge in [0.15, 0.2) is 0 Å². The fraction of sp³-hybridized carbons (Fsp3) is 0.294. The summed E-state index contributed by atoms with van der Waals surface area (Å²) in [6.07, 6.45) is 10.9. The van der Waals surface area contributed by atoms with Crippen LogP contribution in [-0.2, 0) is 0 Å². The first-order chi connectivity index (χ1) is 10.7. The quantitative estimate of drug-likeness (QED) is 0.672. The molecule has 1 heterocycles. The van der Waals surface area contributed by atoms with Crippen LogP contribution in [0.4, 0.5) is 0 Å². The largest absolute Gasteiger partial charge is 0.508 e. The molecule has 0 aliphatic heterocycles. The summed E-state index contributed by atoms with van der Waals surface area (Å²) in [7, 11) is 0. The van der Waals surface area contributed by atoms with Crippen LogP contribution in [0.25, 0.3) is 0 Å². The molecule has 0 unspecified atom stereocenters. The molecule has 1 amide bonds. The summed E-state index contributed by atoms with van der Waals surface area (Å²) < 4.78 is 2.23. The van der Waals surface area contributed by atoms with E-state index < -0.39 is 0 Å². The molecule has 1 aliphatic rings. The molecule has 5 heteroatoms. The number of phenolic OH excluding ortho intramolecular Hbond substituents is 1. The normalized spacial score (nSPS) is 15.5. The van der Waals surface area contributed by atoms with Crippen LogP contribution in [0.3, 0.4) is 0 Å². The van der Waals surface area contributed by atoms with Gasteiger partial charge in [0.25, 0.3) is 5.91 Å². The van der Waals surface area contributed by atoms with Crippen molar-refractivity contribution in [2.24, 2.45) is 5.10 Å². The zero-order chi connectivity index (χ0) is 15.4. The van der Waals surface area contributed by atoms with E-state index in [1.54, 1.807) is 18.3 Å². The van der Waals surface area contributed by atoms with Crippen LogP contribution in [0.1, 0.15) is 47.6 Å². The van der Waals surface area contributed by atoms with Crippen LogP contribution in [0.5, 0.6) is 5.75 Å². The van der Waals surface area contributed by atoms with Crippen molar-refractivity contribution in [1.29, 1.82) is 0 Å². The van der Waals surface area contributed by atoms with E-state index in [4.69, 9.17) is 0 Å². The van der Waals surface area contributed by atoms with Crippen molar-refractivity contribution in [2.75, 3.05) is 0 Å². The molecule has 1 aliphatic carbocycles. The molecule has 0 spiro atoms. The van der Waals surface area contributed by atoms with Crippen LogP contribution in [0.15, 0.2) is 47.8 Å². The summed E-state index contributed by atoms with van der Waals surface area (Å²) >= 11 is 0. The summed E-state index contributed by atoms with van der Waals surface area (Å²) in [4.78, 5) is 11.8. The minimum Gasteiger partial charge on any atom is -0.508 e. The number of hydrogen-bond acceptors (Lipinski definition) is 3. The van der Waals surface area contributed by atoms with Crippen LogP contribution < -0.4 is 5.43 Å². The summed E-state index contributed by atoms with van der Waals surface area (Å²) in [5, 5.41) is 13.2. The lowest BCUT2D eigenvalue weighted by Gasteiger charge is -2.10. The summed E-state index contributed by atoms with van der Waals surface area (Å²) in [5.41, 5.74) is 3.91. The molecule has 22 heavy (non-hydrogen) atoms. The van der Waals surface area contributed by atoms with Gasteiger partial charge in [0.1, 0.15) is 5.75 Å². The molecule has 3 rings (SSSR count). The van der Waals surface area contributed by atoms with Gasteiger partial charge in [0.05, 0.1) is 6.21 Å². The van der Waals surface area contributed by atoms with Crippen molar-refractivity contribution in [3.63, 3.8) is 0 Å². The molecule has 0 atom stereocenters. The number of amides is 1. The SMILES string of the molecule is O=C(N/N=C\c1ccn(C2CCCC2)c1)c1ccc(O)cc1. The number of hydrogen-bond donors (Lipinski definition) is 2. The van der Waals surface area contributed by atoms with E-state index in [1.165, 1.54) is 37.8 Å². The van der Waals surface area contributed by atoms with E-state index in [1.807, 2.05) is 6.07 Å². The predicted molar refractivity (Wildman–Crippen MR) is 85.1 cm³/mol. The maximum Gasteiger partial charge on any atom is 0.271 e. The van der Waals surface area contributed by atoms with Gasteiger partial charge in [-0.2, -0.15) is 5.10 Å². The molecule has 1 aromatic heterocycles. The van der Waals surface area contributed by atoms with E-state index in [9.17, 15) is 9.90 Å². The molecule has 1 aromatic carbocycles. The molecule has 1 saturated carbocycles. The second kappa shape index (κ2) is 6.47. The second-order valence-corrected chi connectivity index (χ2v) is 5.58. The Balaban J connectivity index is 1.57. The molecular formula is C17H19N3O2. The Morgan fingerprint density at radius 1 is 1.23 bits per heavy atom. The van der Waals surface area contributed by atoms with Gasteiger partial charge < -0.3 is 9.67 Å². The third-order valence-electron chi connectivity index (χ3n) is 3.99. The highest BCUT2D eigenvalue weighted by Crippen LogP contribution is 2.29. The van der Waals surface area contributed by atoms with Gasteiger partial charge in [0, 0.05) is 29.6 Å². The van der Waals surface area contributed by atoms with Crippen molar-refractivity contribution in [3.8, 4) is 5.75 Å². The molecule has 0 bridgehead atoms. The van der Waals surface area contributed by atoms with E-state index in [0.29, 0.717) is 11.6 Å². The van der Waals surface area contributed by atoms with Gasteiger partial charge in [-0.25, -0.2) is 5.43 Å².